The van der Waals surface area contributed by atoms with Crippen LogP contribution in [0.5, 0.6) is 0 Å². The van der Waals surface area contributed by atoms with E-state index in [1.165, 1.54) is 0 Å². The fraction of sp³-hybridized carbons (Fsp3) is 0.417. The van der Waals surface area contributed by atoms with E-state index in [1.54, 1.807) is 12.2 Å². The van der Waals surface area contributed by atoms with Crippen LogP contribution in [-0.2, 0) is 0 Å². The summed E-state index contributed by atoms with van der Waals surface area (Å²) in [6.45, 7) is 15.6. The Morgan fingerprint density at radius 1 is 1.29 bits per heavy atom. The Morgan fingerprint density at radius 3 is 2.14 bits per heavy atom. The Hall–Kier alpha value is -1.31. The first kappa shape index (κ1) is 12.7. The molecule has 1 rings (SSSR count). The monoisotopic (exact) mass is 194 g/mol. The normalized spacial score (nSPS) is 9.21. The van der Waals surface area contributed by atoms with Gasteiger partial charge in [-0.3, -0.25) is 0 Å². The molecule has 0 radical (unpaired) electrons. The van der Waals surface area contributed by atoms with Gasteiger partial charge in [0.2, 0.25) is 0 Å². The fourth-order valence-corrected chi connectivity index (χ4v) is 1.00. The second kappa shape index (κ2) is 6.19. The van der Waals surface area contributed by atoms with Crippen LogP contribution in [0.15, 0.2) is 13.2 Å². The molecular weight excluding hydrogens is 172 g/mol. The van der Waals surface area contributed by atoms with Crippen molar-refractivity contribution in [2.24, 2.45) is 0 Å². The highest BCUT2D eigenvalue weighted by Crippen LogP contribution is 2.15. The number of hydrogen-bond acceptors (Lipinski definition) is 1. The lowest BCUT2D eigenvalue weighted by molar-refractivity contribution is 0.793. The summed E-state index contributed by atoms with van der Waals surface area (Å²) in [4.78, 5) is 7.54. The first-order chi connectivity index (χ1) is 6.69. The molecule has 0 spiro atoms. The molecule has 2 nitrogen and oxygen atoms in total. The maximum atomic E-state index is 4.35. The van der Waals surface area contributed by atoms with Crippen molar-refractivity contribution >= 4 is 12.2 Å². The summed E-state index contributed by atoms with van der Waals surface area (Å²) in [5.41, 5.74) is 1.84. The van der Waals surface area contributed by atoms with Crippen LogP contribution in [0.4, 0.5) is 0 Å². The van der Waals surface area contributed by atoms with Gasteiger partial charge in [-0.25, -0.2) is 4.98 Å². The molecule has 2 heteroatoms. The zero-order valence-corrected chi connectivity index (χ0v) is 9.59. The number of aromatic amines is 1. The Morgan fingerprint density at radius 2 is 1.86 bits per heavy atom. The van der Waals surface area contributed by atoms with E-state index in [0.717, 1.165) is 17.2 Å². The number of nitrogens with zero attached hydrogens (tertiary/aromatic N) is 1. The van der Waals surface area contributed by atoms with Crippen LogP contribution in [0.25, 0.3) is 12.2 Å². The molecule has 0 bridgehead atoms. The van der Waals surface area contributed by atoms with E-state index < -0.39 is 0 Å². The van der Waals surface area contributed by atoms with Crippen LogP contribution in [-0.4, -0.2) is 9.97 Å². The van der Waals surface area contributed by atoms with Gasteiger partial charge in [0.1, 0.15) is 5.82 Å². The van der Waals surface area contributed by atoms with Crippen LogP contribution >= 0.6 is 0 Å². The van der Waals surface area contributed by atoms with E-state index in [0.29, 0.717) is 5.92 Å². The standard InChI is InChI=1S/C10H14N2.C2H6.H2/c1-5-8-9(6-2)12-10(11-8)7(3)4;1-2;/h5-7H,1-2H2,3-4H3,(H,11,12);1-2H3;1H. The third kappa shape index (κ3) is 2.87. The molecule has 0 saturated heterocycles. The minimum absolute atomic E-state index is 0. The molecule has 1 aromatic rings. The third-order valence-corrected chi connectivity index (χ3v) is 1.72. The van der Waals surface area contributed by atoms with E-state index in [-0.39, 0.29) is 1.43 Å². The van der Waals surface area contributed by atoms with Crippen molar-refractivity contribution in [3.63, 3.8) is 0 Å². The van der Waals surface area contributed by atoms with Gasteiger partial charge in [0, 0.05) is 7.34 Å². The third-order valence-electron chi connectivity index (χ3n) is 1.72. The van der Waals surface area contributed by atoms with Crippen LogP contribution in [0.2, 0.25) is 0 Å². The highest BCUT2D eigenvalue weighted by Gasteiger charge is 2.06. The van der Waals surface area contributed by atoms with E-state index >= 15 is 0 Å². The minimum atomic E-state index is 0. The van der Waals surface area contributed by atoms with Crippen molar-refractivity contribution in [3.8, 4) is 0 Å². The van der Waals surface area contributed by atoms with E-state index in [2.05, 4.69) is 37.0 Å². The van der Waals surface area contributed by atoms with E-state index in [9.17, 15) is 0 Å². The Kier molecular flexibility index (Phi) is 5.61. The lowest BCUT2D eigenvalue weighted by Crippen LogP contribution is -1.89. The van der Waals surface area contributed by atoms with Gasteiger partial charge in [-0.2, -0.15) is 0 Å². The molecule has 0 aromatic carbocycles. The smallest absolute Gasteiger partial charge is 0.109 e. The molecular formula is C12H22N2. The van der Waals surface area contributed by atoms with Gasteiger partial charge in [-0.15, -0.1) is 0 Å². The number of rotatable bonds is 3. The molecule has 0 amide bonds. The maximum absolute atomic E-state index is 4.35. The summed E-state index contributed by atoms with van der Waals surface area (Å²) in [7, 11) is 0. The highest BCUT2D eigenvalue weighted by molar-refractivity contribution is 5.57. The number of imidazole rings is 1. The van der Waals surface area contributed by atoms with Gasteiger partial charge >= 0.3 is 0 Å². The Bertz CT molecular complexity index is 275. The molecule has 0 saturated carbocycles. The summed E-state index contributed by atoms with van der Waals surface area (Å²) in [6, 6.07) is 0. The second-order valence-electron chi connectivity index (χ2n) is 2.98. The zero-order valence-electron chi connectivity index (χ0n) is 9.59. The molecule has 0 aliphatic carbocycles. The zero-order chi connectivity index (χ0) is 11.1. The second-order valence-corrected chi connectivity index (χ2v) is 2.98. The van der Waals surface area contributed by atoms with E-state index in [4.69, 9.17) is 0 Å². The van der Waals surface area contributed by atoms with Crippen LogP contribution in [0.1, 0.15) is 52.3 Å². The summed E-state index contributed by atoms with van der Waals surface area (Å²) >= 11 is 0. The van der Waals surface area contributed by atoms with Gasteiger partial charge in [0.25, 0.3) is 0 Å². The van der Waals surface area contributed by atoms with Crippen molar-refractivity contribution in [3.05, 3.63) is 30.4 Å². The average molecular weight is 194 g/mol. The van der Waals surface area contributed by atoms with Crippen LogP contribution in [0.3, 0.4) is 0 Å². The van der Waals surface area contributed by atoms with Crippen molar-refractivity contribution < 1.29 is 1.43 Å². The summed E-state index contributed by atoms with van der Waals surface area (Å²) in [5, 5.41) is 0. The largest absolute Gasteiger partial charge is 0.342 e. The molecule has 1 heterocycles. The molecule has 0 aliphatic heterocycles. The predicted octanol–water partition coefficient (Wildman–Crippen LogP) is 4.09. The molecule has 0 atom stereocenters. The molecule has 80 valence electrons. The first-order valence-electron chi connectivity index (χ1n) is 5.03. The predicted molar refractivity (Wildman–Crippen MR) is 66.3 cm³/mol. The molecule has 1 aromatic heterocycles. The highest BCUT2D eigenvalue weighted by atomic mass is 14.9. The van der Waals surface area contributed by atoms with Crippen molar-refractivity contribution in [1.82, 2.24) is 9.97 Å². The quantitative estimate of drug-likeness (QED) is 0.771. The van der Waals surface area contributed by atoms with E-state index in [1.807, 2.05) is 13.8 Å². The summed E-state index contributed by atoms with van der Waals surface area (Å²) < 4.78 is 0. The molecule has 0 fully saturated rings. The molecule has 0 aliphatic rings. The van der Waals surface area contributed by atoms with Gasteiger partial charge in [0.15, 0.2) is 0 Å². The first-order valence-corrected chi connectivity index (χ1v) is 5.03. The van der Waals surface area contributed by atoms with Crippen LogP contribution in [0, 0.1) is 0 Å². The summed E-state index contributed by atoms with van der Waals surface area (Å²) in [6.07, 6.45) is 3.50. The van der Waals surface area contributed by atoms with Gasteiger partial charge in [-0.1, -0.05) is 40.9 Å². The summed E-state index contributed by atoms with van der Waals surface area (Å²) in [5.74, 6) is 1.40. The Labute approximate surface area is 88.3 Å². The van der Waals surface area contributed by atoms with Gasteiger partial charge < -0.3 is 4.98 Å². The molecule has 14 heavy (non-hydrogen) atoms. The van der Waals surface area contributed by atoms with Crippen molar-refractivity contribution in [2.75, 3.05) is 0 Å². The SMILES string of the molecule is C=Cc1nc(C(C)C)[nH]c1C=C.CC.[HH]. The van der Waals surface area contributed by atoms with Crippen molar-refractivity contribution in [1.29, 1.82) is 0 Å². The topological polar surface area (TPSA) is 28.7 Å². The maximum Gasteiger partial charge on any atom is 0.109 e. The number of hydrogen-bond donors (Lipinski definition) is 1. The number of nitrogens with one attached hydrogen (secondary N) is 1. The van der Waals surface area contributed by atoms with Gasteiger partial charge in [-0.05, 0) is 12.2 Å². The number of aromatic nitrogens is 2. The van der Waals surface area contributed by atoms with Gasteiger partial charge in [0.05, 0.1) is 11.4 Å². The lowest BCUT2D eigenvalue weighted by atomic mass is 10.2. The number of H-pyrrole nitrogens is 1. The average Bonchev–Trinajstić information content (AvgIpc) is 2.63. The van der Waals surface area contributed by atoms with Crippen molar-refractivity contribution in [2.45, 2.75) is 33.6 Å². The fourth-order valence-electron chi connectivity index (χ4n) is 1.00. The molecule has 0 unspecified atom stereocenters. The molecule has 1 N–H and O–H groups in total. The Balaban J connectivity index is 0. The van der Waals surface area contributed by atoms with Crippen LogP contribution < -0.4 is 0 Å². The lowest BCUT2D eigenvalue weighted by Gasteiger charge is -1.96. The minimum Gasteiger partial charge on any atom is -0.342 e.